The first-order valence-corrected chi connectivity index (χ1v) is 12.2. The number of hydrogen-bond acceptors (Lipinski definition) is 6. The predicted molar refractivity (Wildman–Crippen MR) is 142 cm³/mol. The van der Waals surface area contributed by atoms with Crippen LogP contribution in [0.25, 0.3) is 0 Å². The van der Waals surface area contributed by atoms with Gasteiger partial charge in [0.1, 0.15) is 17.5 Å². The van der Waals surface area contributed by atoms with E-state index in [1.807, 2.05) is 24.3 Å². The second-order valence-electron chi connectivity index (χ2n) is 8.80. The van der Waals surface area contributed by atoms with E-state index in [0.29, 0.717) is 17.2 Å². The van der Waals surface area contributed by atoms with Crippen LogP contribution in [-0.2, 0) is 6.54 Å². The molecule has 3 heterocycles. The molecule has 0 atom stereocenters. The zero-order valence-corrected chi connectivity index (χ0v) is 20.0. The summed E-state index contributed by atoms with van der Waals surface area (Å²) in [6.07, 6.45) is 5.52. The Kier molecular flexibility index (Phi) is 7.49. The van der Waals surface area contributed by atoms with Gasteiger partial charge in [0.15, 0.2) is 5.82 Å². The molecule has 7 nitrogen and oxygen atoms in total. The number of pyridine rings is 2. The third-order valence-corrected chi connectivity index (χ3v) is 6.16. The highest BCUT2D eigenvalue weighted by molar-refractivity contribution is 6.04. The van der Waals surface area contributed by atoms with Gasteiger partial charge in [-0.2, -0.15) is 0 Å². The van der Waals surface area contributed by atoms with Gasteiger partial charge in [-0.05, 0) is 66.9 Å². The molecule has 2 N–H and O–H groups in total. The topological polar surface area (TPSA) is 79.4 Å². The first-order valence-electron chi connectivity index (χ1n) is 12.2. The van der Waals surface area contributed by atoms with Gasteiger partial charge < -0.3 is 15.4 Å². The Balaban J connectivity index is 1.14. The molecule has 0 bridgehead atoms. The average molecular weight is 480 g/mol. The van der Waals surface area contributed by atoms with Gasteiger partial charge >= 0.3 is 0 Å². The molecule has 2 aromatic heterocycles. The van der Waals surface area contributed by atoms with Gasteiger partial charge in [0.05, 0.1) is 5.69 Å². The number of carbonyl (C=O) groups is 1. The number of hydrogen-bond donors (Lipinski definition) is 2. The highest BCUT2D eigenvalue weighted by Crippen LogP contribution is 2.26. The van der Waals surface area contributed by atoms with E-state index in [1.165, 1.54) is 5.56 Å². The van der Waals surface area contributed by atoms with Gasteiger partial charge in [0.2, 0.25) is 0 Å². The number of aromatic nitrogens is 2. The monoisotopic (exact) mass is 479 g/mol. The molecule has 4 aromatic rings. The Morgan fingerprint density at radius 2 is 1.61 bits per heavy atom. The van der Waals surface area contributed by atoms with E-state index in [4.69, 9.17) is 4.74 Å². The molecule has 182 valence electrons. The van der Waals surface area contributed by atoms with Crippen LogP contribution in [0.2, 0.25) is 0 Å². The van der Waals surface area contributed by atoms with Gasteiger partial charge in [0, 0.05) is 37.7 Å². The standard InChI is InChI=1S/C29H29N5O2/c35-29(27-9-4-5-17-30-27)33-26-10-6-18-31-28(26)32-23-11-13-24(14-12-23)36-25-15-19-34(20-16-25)21-22-7-2-1-3-8-22/h1-14,17-18,25H,15-16,19-21H2,(H,31,32)(H,33,35). The lowest BCUT2D eigenvalue weighted by Gasteiger charge is -2.32. The Morgan fingerprint density at radius 1 is 0.861 bits per heavy atom. The number of piperidine rings is 1. The van der Waals surface area contributed by atoms with E-state index in [2.05, 4.69) is 55.8 Å². The van der Waals surface area contributed by atoms with Crippen LogP contribution in [-0.4, -0.2) is 40.0 Å². The van der Waals surface area contributed by atoms with Crippen molar-refractivity contribution in [3.63, 3.8) is 0 Å². The van der Waals surface area contributed by atoms with E-state index in [1.54, 1.807) is 42.7 Å². The second kappa shape index (κ2) is 11.5. The van der Waals surface area contributed by atoms with E-state index in [0.717, 1.165) is 43.9 Å². The van der Waals surface area contributed by atoms with Crippen molar-refractivity contribution < 1.29 is 9.53 Å². The molecule has 1 fully saturated rings. The quantitative estimate of drug-likeness (QED) is 0.347. The lowest BCUT2D eigenvalue weighted by Crippen LogP contribution is -2.37. The highest BCUT2D eigenvalue weighted by atomic mass is 16.5. The fourth-order valence-corrected chi connectivity index (χ4v) is 4.26. The fourth-order valence-electron chi connectivity index (χ4n) is 4.26. The maximum Gasteiger partial charge on any atom is 0.274 e. The Morgan fingerprint density at radius 3 is 2.36 bits per heavy atom. The minimum atomic E-state index is -0.287. The van der Waals surface area contributed by atoms with Crippen LogP contribution in [0.15, 0.2) is 97.3 Å². The number of ether oxygens (including phenoxy) is 1. The fraction of sp³-hybridized carbons (Fsp3) is 0.207. The van der Waals surface area contributed by atoms with E-state index >= 15 is 0 Å². The minimum absolute atomic E-state index is 0.222. The third-order valence-electron chi connectivity index (χ3n) is 6.16. The summed E-state index contributed by atoms with van der Waals surface area (Å²) in [5, 5.41) is 6.16. The molecule has 5 rings (SSSR count). The summed E-state index contributed by atoms with van der Waals surface area (Å²) < 4.78 is 6.25. The SMILES string of the molecule is O=C(Nc1cccnc1Nc1ccc(OC2CCN(Cc3ccccc3)CC2)cc1)c1ccccn1. The summed E-state index contributed by atoms with van der Waals surface area (Å²) in [5.41, 5.74) is 3.13. The van der Waals surface area contributed by atoms with Crippen molar-refractivity contribution in [2.45, 2.75) is 25.5 Å². The number of carbonyl (C=O) groups excluding carboxylic acids is 1. The summed E-state index contributed by atoms with van der Waals surface area (Å²) in [6, 6.07) is 27.3. The molecule has 7 heteroatoms. The molecule has 36 heavy (non-hydrogen) atoms. The van der Waals surface area contributed by atoms with Crippen LogP contribution in [0.5, 0.6) is 5.75 Å². The van der Waals surface area contributed by atoms with Crippen LogP contribution in [0.1, 0.15) is 28.9 Å². The van der Waals surface area contributed by atoms with Crippen LogP contribution in [0.4, 0.5) is 17.2 Å². The average Bonchev–Trinajstić information content (AvgIpc) is 2.93. The predicted octanol–water partition coefficient (Wildman–Crippen LogP) is 5.52. The van der Waals surface area contributed by atoms with Gasteiger partial charge in [0.25, 0.3) is 5.91 Å². The zero-order valence-electron chi connectivity index (χ0n) is 20.0. The number of anilines is 3. The molecule has 0 aliphatic carbocycles. The van der Waals surface area contributed by atoms with Crippen molar-refractivity contribution in [1.82, 2.24) is 14.9 Å². The van der Waals surface area contributed by atoms with Gasteiger partial charge in [-0.15, -0.1) is 0 Å². The van der Waals surface area contributed by atoms with E-state index < -0.39 is 0 Å². The van der Waals surface area contributed by atoms with E-state index in [-0.39, 0.29) is 12.0 Å². The minimum Gasteiger partial charge on any atom is -0.490 e. The number of benzene rings is 2. The Hall–Kier alpha value is -4.23. The molecule has 1 saturated heterocycles. The largest absolute Gasteiger partial charge is 0.490 e. The molecular weight excluding hydrogens is 450 g/mol. The molecule has 1 amide bonds. The van der Waals surface area contributed by atoms with Crippen LogP contribution in [0.3, 0.4) is 0 Å². The first kappa shape index (κ1) is 23.5. The molecule has 2 aromatic carbocycles. The number of amides is 1. The van der Waals surface area contributed by atoms with Crippen molar-refractivity contribution >= 4 is 23.1 Å². The summed E-state index contributed by atoms with van der Waals surface area (Å²) in [4.78, 5) is 23.5. The number of nitrogens with one attached hydrogen (secondary N) is 2. The first-order chi connectivity index (χ1) is 17.7. The van der Waals surface area contributed by atoms with Crippen molar-refractivity contribution in [1.29, 1.82) is 0 Å². The van der Waals surface area contributed by atoms with Crippen molar-refractivity contribution in [3.05, 3.63) is 109 Å². The molecule has 1 aliphatic rings. The summed E-state index contributed by atoms with van der Waals surface area (Å²) in [7, 11) is 0. The van der Waals surface area contributed by atoms with Crippen molar-refractivity contribution in [3.8, 4) is 5.75 Å². The van der Waals surface area contributed by atoms with Crippen LogP contribution in [0, 0.1) is 0 Å². The Bertz CT molecular complexity index is 1260. The Labute approximate surface area is 211 Å². The molecular formula is C29H29N5O2. The van der Waals surface area contributed by atoms with Crippen LogP contribution < -0.4 is 15.4 Å². The summed E-state index contributed by atoms with van der Waals surface area (Å²) in [6.45, 7) is 3.06. The summed E-state index contributed by atoms with van der Waals surface area (Å²) in [5.74, 6) is 1.12. The van der Waals surface area contributed by atoms with E-state index in [9.17, 15) is 4.79 Å². The summed E-state index contributed by atoms with van der Waals surface area (Å²) >= 11 is 0. The smallest absolute Gasteiger partial charge is 0.274 e. The maximum absolute atomic E-state index is 12.5. The normalized spacial score (nSPS) is 14.2. The second-order valence-corrected chi connectivity index (χ2v) is 8.80. The van der Waals surface area contributed by atoms with Gasteiger partial charge in [-0.25, -0.2) is 4.98 Å². The molecule has 0 spiro atoms. The molecule has 0 radical (unpaired) electrons. The lowest BCUT2D eigenvalue weighted by atomic mass is 10.1. The number of nitrogens with zero attached hydrogens (tertiary/aromatic N) is 3. The molecule has 1 aliphatic heterocycles. The molecule has 0 saturated carbocycles. The lowest BCUT2D eigenvalue weighted by molar-refractivity contribution is 0.0968. The number of likely N-dealkylation sites (tertiary alicyclic amines) is 1. The van der Waals surface area contributed by atoms with Crippen molar-refractivity contribution in [2.24, 2.45) is 0 Å². The maximum atomic E-state index is 12.5. The van der Waals surface area contributed by atoms with Crippen LogP contribution >= 0.6 is 0 Å². The molecule has 0 unspecified atom stereocenters. The third kappa shape index (κ3) is 6.25. The highest BCUT2D eigenvalue weighted by Gasteiger charge is 2.20. The zero-order chi connectivity index (χ0) is 24.6. The van der Waals surface area contributed by atoms with Gasteiger partial charge in [-0.3, -0.25) is 14.7 Å². The number of rotatable bonds is 8. The van der Waals surface area contributed by atoms with Gasteiger partial charge in [-0.1, -0.05) is 36.4 Å². The van der Waals surface area contributed by atoms with Crippen molar-refractivity contribution in [2.75, 3.05) is 23.7 Å².